The number of likely N-dealkylation sites (tertiary alicyclic amines) is 1. The molecule has 1 saturated heterocycles. The number of carboxylic acids is 1. The number of piperidine rings is 1. The van der Waals surface area contributed by atoms with Crippen molar-refractivity contribution >= 4 is 11.9 Å². The molecule has 6 nitrogen and oxygen atoms in total. The van der Waals surface area contributed by atoms with Crippen LogP contribution in [0.4, 0.5) is 0 Å². The summed E-state index contributed by atoms with van der Waals surface area (Å²) >= 11 is 0. The van der Waals surface area contributed by atoms with Gasteiger partial charge in [0.25, 0.3) is 5.91 Å². The lowest BCUT2D eigenvalue weighted by atomic mass is 9.88. The van der Waals surface area contributed by atoms with E-state index in [2.05, 4.69) is 0 Å². The maximum Gasteiger partial charge on any atom is 0.335 e. The summed E-state index contributed by atoms with van der Waals surface area (Å²) < 4.78 is 10.6. The molecule has 3 rings (SSSR count). The lowest BCUT2D eigenvalue weighted by Gasteiger charge is -2.32. The molecule has 6 heteroatoms. The van der Waals surface area contributed by atoms with Crippen LogP contribution >= 0.6 is 0 Å². The number of carboxylic acid groups (broad SMARTS) is 1. The second kappa shape index (κ2) is 8.78. The molecular weight excluding hydrogens is 358 g/mol. The minimum Gasteiger partial charge on any atom is -0.497 e. The van der Waals surface area contributed by atoms with Crippen LogP contribution in [-0.2, 0) is 6.42 Å². The molecule has 0 radical (unpaired) electrons. The third-order valence-electron chi connectivity index (χ3n) is 5.30. The third kappa shape index (κ3) is 4.27. The molecule has 1 aliphatic heterocycles. The van der Waals surface area contributed by atoms with Crippen LogP contribution in [0.25, 0.3) is 0 Å². The van der Waals surface area contributed by atoms with E-state index in [4.69, 9.17) is 9.47 Å². The van der Waals surface area contributed by atoms with Gasteiger partial charge < -0.3 is 19.5 Å². The number of ether oxygens (including phenoxy) is 2. The van der Waals surface area contributed by atoms with Gasteiger partial charge in [0.15, 0.2) is 0 Å². The molecule has 1 amide bonds. The summed E-state index contributed by atoms with van der Waals surface area (Å²) in [6.07, 6.45) is 2.39. The van der Waals surface area contributed by atoms with Crippen molar-refractivity contribution in [3.05, 3.63) is 59.2 Å². The summed E-state index contributed by atoms with van der Waals surface area (Å²) in [4.78, 5) is 26.2. The summed E-state index contributed by atoms with van der Waals surface area (Å²) in [5.41, 5.74) is 1.72. The van der Waals surface area contributed by atoms with E-state index in [9.17, 15) is 14.7 Å². The third-order valence-corrected chi connectivity index (χ3v) is 5.30. The van der Waals surface area contributed by atoms with Crippen LogP contribution in [0.1, 0.15) is 39.1 Å². The quantitative estimate of drug-likeness (QED) is 0.826. The Bertz CT molecular complexity index is 856. The Morgan fingerprint density at radius 3 is 2.39 bits per heavy atom. The van der Waals surface area contributed by atoms with Gasteiger partial charge >= 0.3 is 5.97 Å². The van der Waals surface area contributed by atoms with E-state index in [0.29, 0.717) is 48.1 Å². The van der Waals surface area contributed by atoms with Crippen molar-refractivity contribution in [2.75, 3.05) is 27.3 Å². The molecule has 2 aromatic carbocycles. The predicted molar refractivity (Wildman–Crippen MR) is 105 cm³/mol. The number of aromatic carboxylic acids is 1. The van der Waals surface area contributed by atoms with Gasteiger partial charge in [0.2, 0.25) is 0 Å². The smallest absolute Gasteiger partial charge is 0.335 e. The molecular formula is C22H25NO5. The molecule has 0 aliphatic carbocycles. The van der Waals surface area contributed by atoms with Crippen molar-refractivity contribution in [1.82, 2.24) is 4.90 Å². The van der Waals surface area contributed by atoms with Crippen LogP contribution in [-0.4, -0.2) is 49.2 Å². The second-order valence-electron chi connectivity index (χ2n) is 6.97. The van der Waals surface area contributed by atoms with Crippen LogP contribution in [0.5, 0.6) is 11.5 Å². The summed E-state index contributed by atoms with van der Waals surface area (Å²) in [5.74, 6) is 0.540. The van der Waals surface area contributed by atoms with Crippen LogP contribution in [0.2, 0.25) is 0 Å². The maximum atomic E-state index is 13.0. The summed E-state index contributed by atoms with van der Waals surface area (Å²) in [5, 5.41) is 9.35. The highest BCUT2D eigenvalue weighted by atomic mass is 16.5. The molecule has 0 aromatic heterocycles. The van der Waals surface area contributed by atoms with Crippen molar-refractivity contribution < 1.29 is 24.2 Å². The molecule has 1 fully saturated rings. The van der Waals surface area contributed by atoms with Crippen LogP contribution < -0.4 is 9.47 Å². The molecule has 0 bridgehead atoms. The van der Waals surface area contributed by atoms with Gasteiger partial charge in [-0.25, -0.2) is 4.79 Å². The maximum absolute atomic E-state index is 13.0. The fourth-order valence-corrected chi connectivity index (χ4v) is 3.71. The van der Waals surface area contributed by atoms with Crippen molar-refractivity contribution in [3.63, 3.8) is 0 Å². The highest BCUT2D eigenvalue weighted by Gasteiger charge is 2.26. The zero-order valence-corrected chi connectivity index (χ0v) is 16.2. The predicted octanol–water partition coefficient (Wildman–Crippen LogP) is 3.50. The average molecular weight is 383 g/mol. The molecule has 2 aromatic rings. The molecule has 1 N–H and O–H groups in total. The molecule has 1 heterocycles. The Morgan fingerprint density at radius 2 is 1.75 bits per heavy atom. The number of hydrogen-bond donors (Lipinski definition) is 1. The molecule has 28 heavy (non-hydrogen) atoms. The van der Waals surface area contributed by atoms with E-state index >= 15 is 0 Å². The highest BCUT2D eigenvalue weighted by molar-refractivity contribution is 5.97. The van der Waals surface area contributed by atoms with Crippen LogP contribution in [0.3, 0.4) is 0 Å². The van der Waals surface area contributed by atoms with E-state index in [0.717, 1.165) is 18.4 Å². The number of carbonyl (C=O) groups excluding carboxylic acids is 1. The molecule has 1 aliphatic rings. The Kier molecular flexibility index (Phi) is 6.19. The number of benzene rings is 2. The van der Waals surface area contributed by atoms with Gasteiger partial charge in [-0.15, -0.1) is 0 Å². The minimum absolute atomic E-state index is 0.0693. The standard InChI is InChI=1S/C22H25NO5/c1-27-17-7-8-20(28-2)19(14-17)21(24)23-11-9-15(10-12-23)13-16-5-3-4-6-18(16)22(25)26/h3-8,14-15H,9-13H2,1-2H3,(H,25,26). The molecule has 0 unspecified atom stereocenters. The number of nitrogens with zero attached hydrogens (tertiary/aromatic N) is 1. The highest BCUT2D eigenvalue weighted by Crippen LogP contribution is 2.28. The molecule has 0 saturated carbocycles. The number of amides is 1. The van der Waals surface area contributed by atoms with Crippen LogP contribution in [0.15, 0.2) is 42.5 Å². The first-order chi connectivity index (χ1) is 13.5. The first kappa shape index (κ1) is 19.7. The van der Waals surface area contributed by atoms with E-state index in [1.54, 1.807) is 44.6 Å². The van der Waals surface area contributed by atoms with Crippen molar-refractivity contribution in [3.8, 4) is 11.5 Å². The zero-order valence-electron chi connectivity index (χ0n) is 16.2. The second-order valence-corrected chi connectivity index (χ2v) is 6.97. The first-order valence-corrected chi connectivity index (χ1v) is 9.36. The Labute approximate surface area is 164 Å². The Balaban J connectivity index is 1.66. The van der Waals surface area contributed by atoms with Gasteiger partial charge in [0.05, 0.1) is 25.3 Å². The first-order valence-electron chi connectivity index (χ1n) is 9.36. The summed E-state index contributed by atoms with van der Waals surface area (Å²) in [7, 11) is 3.11. The van der Waals surface area contributed by atoms with Crippen molar-refractivity contribution in [2.45, 2.75) is 19.3 Å². The van der Waals surface area contributed by atoms with Crippen molar-refractivity contribution in [2.24, 2.45) is 5.92 Å². The molecule has 148 valence electrons. The Morgan fingerprint density at radius 1 is 1.04 bits per heavy atom. The fourth-order valence-electron chi connectivity index (χ4n) is 3.71. The molecule has 0 atom stereocenters. The summed E-state index contributed by atoms with van der Waals surface area (Å²) in [6, 6.07) is 12.3. The van der Waals surface area contributed by atoms with Crippen LogP contribution in [0, 0.1) is 5.92 Å². The number of carbonyl (C=O) groups is 2. The monoisotopic (exact) mass is 383 g/mol. The van der Waals surface area contributed by atoms with Gasteiger partial charge in [-0.1, -0.05) is 18.2 Å². The Hall–Kier alpha value is -3.02. The number of methoxy groups -OCH3 is 2. The zero-order chi connectivity index (χ0) is 20.1. The van der Waals surface area contributed by atoms with E-state index < -0.39 is 5.97 Å². The fraction of sp³-hybridized carbons (Fsp3) is 0.364. The van der Waals surface area contributed by atoms with Gasteiger partial charge in [-0.05, 0) is 55.0 Å². The number of rotatable bonds is 6. The normalized spacial score (nSPS) is 14.6. The number of hydrogen-bond acceptors (Lipinski definition) is 4. The van der Waals surface area contributed by atoms with Gasteiger partial charge in [0.1, 0.15) is 11.5 Å². The lowest BCUT2D eigenvalue weighted by molar-refractivity contribution is 0.0686. The molecule has 0 spiro atoms. The summed E-state index contributed by atoms with van der Waals surface area (Å²) in [6.45, 7) is 1.28. The largest absolute Gasteiger partial charge is 0.497 e. The van der Waals surface area contributed by atoms with E-state index in [-0.39, 0.29) is 5.91 Å². The van der Waals surface area contributed by atoms with E-state index in [1.165, 1.54) is 0 Å². The van der Waals surface area contributed by atoms with Crippen molar-refractivity contribution in [1.29, 1.82) is 0 Å². The van der Waals surface area contributed by atoms with Gasteiger partial charge in [-0.2, -0.15) is 0 Å². The van der Waals surface area contributed by atoms with Gasteiger partial charge in [0, 0.05) is 13.1 Å². The average Bonchev–Trinajstić information content (AvgIpc) is 2.73. The topological polar surface area (TPSA) is 76.1 Å². The lowest BCUT2D eigenvalue weighted by Crippen LogP contribution is -2.39. The minimum atomic E-state index is -0.895. The van der Waals surface area contributed by atoms with Gasteiger partial charge in [-0.3, -0.25) is 4.79 Å². The SMILES string of the molecule is COc1ccc(OC)c(C(=O)N2CCC(Cc3ccccc3C(=O)O)CC2)c1. The van der Waals surface area contributed by atoms with E-state index in [1.807, 2.05) is 17.0 Å².